The van der Waals surface area contributed by atoms with E-state index in [4.69, 9.17) is 4.74 Å². The summed E-state index contributed by atoms with van der Waals surface area (Å²) in [4.78, 5) is 0. The Morgan fingerprint density at radius 1 is 1.38 bits per heavy atom. The molecule has 2 unspecified atom stereocenters. The third kappa shape index (κ3) is 3.03. The lowest BCUT2D eigenvalue weighted by Gasteiger charge is -2.29. The third-order valence-corrected chi connectivity index (χ3v) is 3.08. The van der Waals surface area contributed by atoms with Crippen LogP contribution in [0.25, 0.3) is 0 Å². The molecular weight excluding hydrogens is 205 g/mol. The van der Waals surface area contributed by atoms with Crippen molar-refractivity contribution in [2.24, 2.45) is 5.92 Å². The van der Waals surface area contributed by atoms with Crippen molar-refractivity contribution in [3.05, 3.63) is 35.6 Å². The molecule has 0 aromatic heterocycles. The van der Waals surface area contributed by atoms with Crippen LogP contribution in [0.15, 0.2) is 24.3 Å². The zero-order valence-corrected chi connectivity index (χ0v) is 9.58. The Morgan fingerprint density at radius 2 is 2.12 bits per heavy atom. The van der Waals surface area contributed by atoms with E-state index in [0.29, 0.717) is 18.6 Å². The molecule has 0 saturated carbocycles. The van der Waals surface area contributed by atoms with E-state index in [2.05, 4.69) is 12.2 Å². The number of benzene rings is 1. The monoisotopic (exact) mass is 223 g/mol. The van der Waals surface area contributed by atoms with Gasteiger partial charge >= 0.3 is 0 Å². The number of hydrogen-bond acceptors (Lipinski definition) is 2. The van der Waals surface area contributed by atoms with Gasteiger partial charge in [0.25, 0.3) is 0 Å². The minimum Gasteiger partial charge on any atom is -0.373 e. The van der Waals surface area contributed by atoms with Crippen molar-refractivity contribution in [3.63, 3.8) is 0 Å². The fraction of sp³-hybridized carbons (Fsp3) is 0.538. The van der Waals surface area contributed by atoms with Gasteiger partial charge in [0.05, 0.1) is 12.7 Å². The molecule has 0 bridgehead atoms. The van der Waals surface area contributed by atoms with Gasteiger partial charge in [0.1, 0.15) is 5.82 Å². The van der Waals surface area contributed by atoms with Crippen molar-refractivity contribution in [2.45, 2.75) is 26.1 Å². The molecule has 1 fully saturated rings. The number of piperidine rings is 1. The molecule has 1 aromatic rings. The van der Waals surface area contributed by atoms with Crippen LogP contribution in [-0.2, 0) is 11.3 Å². The van der Waals surface area contributed by atoms with E-state index < -0.39 is 0 Å². The van der Waals surface area contributed by atoms with Crippen molar-refractivity contribution in [3.8, 4) is 0 Å². The first kappa shape index (κ1) is 11.6. The molecule has 0 radical (unpaired) electrons. The molecule has 1 aliphatic rings. The second-order valence-electron chi connectivity index (χ2n) is 4.45. The minimum absolute atomic E-state index is 0.195. The summed E-state index contributed by atoms with van der Waals surface area (Å²) >= 11 is 0. The summed E-state index contributed by atoms with van der Waals surface area (Å²) in [5.74, 6) is 0.355. The molecule has 2 rings (SSSR count). The molecule has 1 heterocycles. The van der Waals surface area contributed by atoms with Crippen LogP contribution in [0.2, 0.25) is 0 Å². The predicted octanol–water partition coefficient (Wildman–Crippen LogP) is 2.34. The average molecular weight is 223 g/mol. The first-order valence-electron chi connectivity index (χ1n) is 5.82. The highest BCUT2D eigenvalue weighted by Gasteiger charge is 2.21. The van der Waals surface area contributed by atoms with Gasteiger partial charge in [-0.05, 0) is 36.6 Å². The van der Waals surface area contributed by atoms with Crippen LogP contribution in [0.5, 0.6) is 0 Å². The number of halogens is 1. The second-order valence-corrected chi connectivity index (χ2v) is 4.45. The Hall–Kier alpha value is -0.930. The van der Waals surface area contributed by atoms with Gasteiger partial charge in [-0.3, -0.25) is 0 Å². The largest absolute Gasteiger partial charge is 0.373 e. The Balaban J connectivity index is 1.84. The lowest BCUT2D eigenvalue weighted by Crippen LogP contribution is -2.39. The highest BCUT2D eigenvalue weighted by Crippen LogP contribution is 2.16. The Kier molecular flexibility index (Phi) is 3.91. The van der Waals surface area contributed by atoms with Gasteiger partial charge in [0.15, 0.2) is 0 Å². The van der Waals surface area contributed by atoms with E-state index in [1.54, 1.807) is 12.1 Å². The Labute approximate surface area is 95.8 Å². The van der Waals surface area contributed by atoms with Gasteiger partial charge in [-0.1, -0.05) is 19.1 Å². The Bertz CT molecular complexity index is 325. The molecule has 16 heavy (non-hydrogen) atoms. The molecule has 1 aromatic carbocycles. The zero-order chi connectivity index (χ0) is 11.4. The molecule has 2 atom stereocenters. The lowest BCUT2D eigenvalue weighted by molar-refractivity contribution is -0.00978. The van der Waals surface area contributed by atoms with Crippen LogP contribution < -0.4 is 5.32 Å². The van der Waals surface area contributed by atoms with Crippen LogP contribution in [-0.4, -0.2) is 19.2 Å². The highest BCUT2D eigenvalue weighted by molar-refractivity contribution is 5.15. The van der Waals surface area contributed by atoms with Crippen molar-refractivity contribution in [1.29, 1.82) is 0 Å². The van der Waals surface area contributed by atoms with Crippen LogP contribution >= 0.6 is 0 Å². The maximum Gasteiger partial charge on any atom is 0.123 e. The van der Waals surface area contributed by atoms with Crippen molar-refractivity contribution in [2.75, 3.05) is 13.1 Å². The van der Waals surface area contributed by atoms with E-state index in [-0.39, 0.29) is 5.82 Å². The highest BCUT2D eigenvalue weighted by atomic mass is 19.1. The van der Waals surface area contributed by atoms with Crippen molar-refractivity contribution in [1.82, 2.24) is 5.32 Å². The van der Waals surface area contributed by atoms with E-state index >= 15 is 0 Å². The van der Waals surface area contributed by atoms with E-state index in [0.717, 1.165) is 25.1 Å². The number of hydrogen-bond donors (Lipinski definition) is 1. The smallest absolute Gasteiger partial charge is 0.123 e. The van der Waals surface area contributed by atoms with E-state index in [1.807, 2.05) is 0 Å². The molecule has 1 saturated heterocycles. The maximum atomic E-state index is 12.7. The summed E-state index contributed by atoms with van der Waals surface area (Å²) in [6.07, 6.45) is 1.38. The third-order valence-electron chi connectivity index (χ3n) is 3.08. The second kappa shape index (κ2) is 5.41. The molecule has 3 heteroatoms. The summed E-state index contributed by atoms with van der Waals surface area (Å²) in [6, 6.07) is 6.51. The van der Waals surface area contributed by atoms with Gasteiger partial charge in [-0.25, -0.2) is 4.39 Å². The first-order valence-corrected chi connectivity index (χ1v) is 5.82. The average Bonchev–Trinajstić information content (AvgIpc) is 2.30. The van der Waals surface area contributed by atoms with E-state index in [1.165, 1.54) is 12.1 Å². The molecule has 2 nitrogen and oxygen atoms in total. The van der Waals surface area contributed by atoms with Gasteiger partial charge in [0, 0.05) is 6.54 Å². The maximum absolute atomic E-state index is 12.7. The summed E-state index contributed by atoms with van der Waals surface area (Å²) in [6.45, 7) is 4.82. The lowest BCUT2D eigenvalue weighted by atomic mass is 9.98. The molecular formula is C13H18FNO. The number of ether oxygens (including phenoxy) is 1. The van der Waals surface area contributed by atoms with Gasteiger partial charge < -0.3 is 10.1 Å². The number of nitrogens with one attached hydrogen (secondary N) is 1. The fourth-order valence-corrected chi connectivity index (χ4v) is 2.02. The summed E-state index contributed by atoms with van der Waals surface area (Å²) in [7, 11) is 0. The normalized spacial score (nSPS) is 25.6. The fourth-order valence-electron chi connectivity index (χ4n) is 2.02. The molecule has 1 aliphatic heterocycles. The zero-order valence-electron chi connectivity index (χ0n) is 9.58. The van der Waals surface area contributed by atoms with Crippen molar-refractivity contribution < 1.29 is 9.13 Å². The van der Waals surface area contributed by atoms with Crippen LogP contribution in [0.1, 0.15) is 18.9 Å². The SMILES string of the molecule is CC1CNCCC1OCc1ccc(F)cc1. The van der Waals surface area contributed by atoms with E-state index in [9.17, 15) is 4.39 Å². The quantitative estimate of drug-likeness (QED) is 0.849. The molecule has 88 valence electrons. The molecule has 0 aliphatic carbocycles. The first-order chi connectivity index (χ1) is 7.75. The van der Waals surface area contributed by atoms with Crippen LogP contribution in [0.4, 0.5) is 4.39 Å². The van der Waals surface area contributed by atoms with Gasteiger partial charge in [-0.15, -0.1) is 0 Å². The topological polar surface area (TPSA) is 21.3 Å². The predicted molar refractivity (Wildman–Crippen MR) is 61.6 cm³/mol. The van der Waals surface area contributed by atoms with Crippen LogP contribution in [0.3, 0.4) is 0 Å². The minimum atomic E-state index is -0.195. The summed E-state index contributed by atoms with van der Waals surface area (Å²) in [5, 5.41) is 3.34. The molecule has 0 amide bonds. The summed E-state index contributed by atoms with van der Waals surface area (Å²) < 4.78 is 18.6. The summed E-state index contributed by atoms with van der Waals surface area (Å²) in [5.41, 5.74) is 1.03. The molecule has 0 spiro atoms. The van der Waals surface area contributed by atoms with Gasteiger partial charge in [0.2, 0.25) is 0 Å². The van der Waals surface area contributed by atoms with Gasteiger partial charge in [-0.2, -0.15) is 0 Å². The van der Waals surface area contributed by atoms with Crippen LogP contribution in [0, 0.1) is 11.7 Å². The van der Waals surface area contributed by atoms with Crippen molar-refractivity contribution >= 4 is 0 Å². The Morgan fingerprint density at radius 3 is 2.81 bits per heavy atom. The number of rotatable bonds is 3. The molecule has 1 N–H and O–H groups in total. The standard InChI is InChI=1S/C13H18FNO/c1-10-8-15-7-6-13(10)16-9-11-2-4-12(14)5-3-11/h2-5,10,13,15H,6-9H2,1H3.